The van der Waals surface area contributed by atoms with Crippen molar-refractivity contribution in [3.05, 3.63) is 116 Å². The van der Waals surface area contributed by atoms with Crippen molar-refractivity contribution in [1.29, 1.82) is 0 Å². The van der Waals surface area contributed by atoms with Crippen molar-refractivity contribution in [2.24, 2.45) is 0 Å². The molecule has 1 aromatic rings. The van der Waals surface area contributed by atoms with E-state index in [0.29, 0.717) is 29.6 Å². The summed E-state index contributed by atoms with van der Waals surface area (Å²) in [6, 6.07) is 1.91. The van der Waals surface area contributed by atoms with Crippen molar-refractivity contribution in [3.63, 3.8) is 0 Å². The van der Waals surface area contributed by atoms with Crippen molar-refractivity contribution in [1.82, 2.24) is 0 Å². The Morgan fingerprint density at radius 2 is 0.661 bits per heavy atom. The van der Waals surface area contributed by atoms with Gasteiger partial charge in [-0.2, -0.15) is 0 Å². The first-order chi connectivity index (χ1) is 28.2. The predicted molar refractivity (Wildman–Crippen MR) is 260 cm³/mol. The zero-order valence-corrected chi connectivity index (χ0v) is 40.4. The summed E-state index contributed by atoms with van der Waals surface area (Å²) < 4.78 is 22.7. The zero-order chi connectivity index (χ0) is 44.0. The highest BCUT2D eigenvalue weighted by molar-refractivity contribution is 5.62. The van der Waals surface area contributed by atoms with Crippen LogP contribution in [0.3, 0.4) is 0 Å². The highest BCUT2D eigenvalue weighted by atomic mass is 16.5. The molecule has 0 radical (unpaired) electrons. The summed E-state index contributed by atoms with van der Waals surface area (Å²) in [5.74, 6) is 2.42. The van der Waals surface area contributed by atoms with Gasteiger partial charge in [-0.15, -0.1) is 0 Å². The van der Waals surface area contributed by atoms with E-state index in [1.54, 1.807) is 21.3 Å². The van der Waals surface area contributed by atoms with Gasteiger partial charge in [0.1, 0.15) is 6.61 Å². The van der Waals surface area contributed by atoms with Crippen LogP contribution in [0.25, 0.3) is 0 Å². The molecule has 0 saturated heterocycles. The molecule has 0 amide bonds. The van der Waals surface area contributed by atoms with Crippen LogP contribution in [-0.2, 0) is 0 Å². The van der Waals surface area contributed by atoms with Gasteiger partial charge >= 0.3 is 0 Å². The standard InChI is InChI=1S/C55H86O4/c1-42(2)23-15-24-43(3)25-16-26-44(4)27-17-28-45(5)29-18-30-46(6)31-19-32-47(7)33-20-34-48(8)35-21-36-49(9)37-22-38-50(10)39-40-59-53-51(11)41-52(56-12)54(57-13)55(53)58-14/h23,25,27,29,31,33,35,37,39,41H,15-22,24,26,28,30,32,34,36,38,40H2,1-14H3/b43-25+,44-27+,45-29+,46-31+,47-33+,48-35+,49-37+,50-39+. The Balaban J connectivity index is 2.31. The fourth-order valence-corrected chi connectivity index (χ4v) is 6.93. The summed E-state index contributed by atoms with van der Waals surface area (Å²) >= 11 is 0. The van der Waals surface area contributed by atoms with Crippen molar-refractivity contribution in [2.75, 3.05) is 27.9 Å². The minimum Gasteiger partial charge on any atom is -0.493 e. The zero-order valence-electron chi connectivity index (χ0n) is 40.4. The molecule has 4 heteroatoms. The van der Waals surface area contributed by atoms with E-state index in [4.69, 9.17) is 18.9 Å². The number of hydrogen-bond donors (Lipinski definition) is 0. The smallest absolute Gasteiger partial charge is 0.207 e. The van der Waals surface area contributed by atoms with E-state index < -0.39 is 0 Å². The molecule has 4 nitrogen and oxygen atoms in total. The first-order valence-corrected chi connectivity index (χ1v) is 22.5. The minimum atomic E-state index is 0.476. The summed E-state index contributed by atoms with van der Waals surface area (Å²) in [6.07, 6.45) is 39.7. The molecule has 0 unspecified atom stereocenters. The molecule has 0 spiro atoms. The van der Waals surface area contributed by atoms with Gasteiger partial charge in [-0.25, -0.2) is 0 Å². The Morgan fingerprint density at radius 1 is 0.373 bits per heavy atom. The molecule has 0 aliphatic heterocycles. The molecule has 1 aromatic carbocycles. The third-order valence-corrected chi connectivity index (χ3v) is 10.9. The van der Waals surface area contributed by atoms with E-state index in [1.165, 1.54) is 75.8 Å². The predicted octanol–water partition coefficient (Wildman–Crippen LogP) is 17.2. The molecule has 0 N–H and O–H groups in total. The summed E-state index contributed by atoms with van der Waals surface area (Å²) in [5, 5.41) is 0. The second-order valence-electron chi connectivity index (χ2n) is 17.1. The SMILES string of the molecule is COc1cc(C)c(OC/C=C(\C)CC/C=C(\C)CC/C=C(\C)CC/C=C(\C)CC/C=C(\C)CC/C=C(\C)CC/C=C(\C)CC/C=C(\C)CCC=C(C)C)c(OC)c1OC. The molecule has 330 valence electrons. The summed E-state index contributed by atoms with van der Waals surface area (Å²) in [7, 11) is 4.85. The molecular formula is C55H86O4. The van der Waals surface area contributed by atoms with Crippen LogP contribution >= 0.6 is 0 Å². The number of rotatable bonds is 30. The molecule has 0 atom stereocenters. The number of aryl methyl sites for hydroxylation is 1. The average Bonchev–Trinajstić information content (AvgIpc) is 3.17. The maximum Gasteiger partial charge on any atom is 0.207 e. The van der Waals surface area contributed by atoms with Crippen LogP contribution in [0.1, 0.15) is 178 Å². The van der Waals surface area contributed by atoms with E-state index in [1.807, 2.05) is 13.0 Å². The monoisotopic (exact) mass is 811 g/mol. The van der Waals surface area contributed by atoms with E-state index in [2.05, 4.69) is 124 Å². The highest BCUT2D eigenvalue weighted by Crippen LogP contribution is 2.46. The van der Waals surface area contributed by atoms with Gasteiger partial charge in [0.25, 0.3) is 0 Å². The van der Waals surface area contributed by atoms with Crippen LogP contribution in [0.2, 0.25) is 0 Å². The number of allylic oxidation sites excluding steroid dienone is 17. The molecule has 0 aliphatic carbocycles. The summed E-state index contributed by atoms with van der Waals surface area (Å²) in [4.78, 5) is 0. The lowest BCUT2D eigenvalue weighted by Gasteiger charge is -2.18. The van der Waals surface area contributed by atoms with Crippen LogP contribution in [0, 0.1) is 6.92 Å². The van der Waals surface area contributed by atoms with Crippen LogP contribution in [0.15, 0.2) is 111 Å². The number of ether oxygens (including phenoxy) is 4. The van der Waals surface area contributed by atoms with Gasteiger partial charge < -0.3 is 18.9 Å². The molecule has 0 fully saturated rings. The van der Waals surface area contributed by atoms with Gasteiger partial charge in [0.15, 0.2) is 11.5 Å². The molecule has 0 aromatic heterocycles. The topological polar surface area (TPSA) is 36.9 Å². The second kappa shape index (κ2) is 31.9. The second-order valence-corrected chi connectivity index (χ2v) is 17.1. The third kappa shape index (κ3) is 25.3. The first-order valence-electron chi connectivity index (χ1n) is 22.5. The quantitative estimate of drug-likeness (QED) is 0.0725. The maximum absolute atomic E-state index is 6.12. The number of benzene rings is 1. The summed E-state index contributed by atoms with van der Waals surface area (Å²) in [5.41, 5.74) is 14.2. The molecular weight excluding hydrogens is 725 g/mol. The normalized spacial score (nSPS) is 13.9. The maximum atomic E-state index is 6.12. The van der Waals surface area contributed by atoms with E-state index in [9.17, 15) is 0 Å². The molecule has 0 aliphatic rings. The summed E-state index contributed by atoms with van der Waals surface area (Å²) in [6.45, 7) is 25.0. The minimum absolute atomic E-state index is 0.476. The van der Waals surface area contributed by atoms with Crippen LogP contribution < -0.4 is 18.9 Å². The lowest BCUT2D eigenvalue weighted by Crippen LogP contribution is -2.03. The lowest BCUT2D eigenvalue weighted by molar-refractivity contribution is 0.292. The Labute approximate surface area is 364 Å². The van der Waals surface area contributed by atoms with Crippen molar-refractivity contribution >= 4 is 0 Å². The van der Waals surface area contributed by atoms with Crippen molar-refractivity contribution in [2.45, 2.75) is 179 Å². The van der Waals surface area contributed by atoms with Gasteiger partial charge in [0.2, 0.25) is 11.5 Å². The van der Waals surface area contributed by atoms with Gasteiger partial charge in [0, 0.05) is 0 Å². The lowest BCUT2D eigenvalue weighted by atomic mass is 10.0. The van der Waals surface area contributed by atoms with E-state index in [-0.39, 0.29) is 0 Å². The fourth-order valence-electron chi connectivity index (χ4n) is 6.93. The van der Waals surface area contributed by atoms with E-state index in [0.717, 1.165) is 82.6 Å². The fraction of sp³-hybridized carbons (Fsp3) is 0.564. The Bertz CT molecular complexity index is 1660. The van der Waals surface area contributed by atoms with Crippen LogP contribution in [0.4, 0.5) is 0 Å². The van der Waals surface area contributed by atoms with Crippen molar-refractivity contribution < 1.29 is 18.9 Å². The molecule has 1 rings (SSSR count). The van der Waals surface area contributed by atoms with Crippen molar-refractivity contribution in [3.8, 4) is 23.0 Å². The number of methoxy groups -OCH3 is 3. The third-order valence-electron chi connectivity index (χ3n) is 10.9. The highest BCUT2D eigenvalue weighted by Gasteiger charge is 2.20. The first kappa shape index (κ1) is 53.1. The van der Waals surface area contributed by atoms with Gasteiger partial charge in [-0.05, 0) is 197 Å². The molecule has 0 bridgehead atoms. The van der Waals surface area contributed by atoms with Gasteiger partial charge in [-0.3, -0.25) is 0 Å². The Kier molecular flexibility index (Phi) is 28.7. The largest absolute Gasteiger partial charge is 0.493 e. The van der Waals surface area contributed by atoms with E-state index >= 15 is 0 Å². The molecule has 59 heavy (non-hydrogen) atoms. The van der Waals surface area contributed by atoms with Gasteiger partial charge in [-0.1, -0.05) is 98.8 Å². The average molecular weight is 811 g/mol. The Hall–Kier alpha value is -3.92. The molecule has 0 heterocycles. The van der Waals surface area contributed by atoms with Crippen LogP contribution in [0.5, 0.6) is 23.0 Å². The van der Waals surface area contributed by atoms with Crippen LogP contribution in [-0.4, -0.2) is 27.9 Å². The number of hydrogen-bond acceptors (Lipinski definition) is 4. The molecule has 0 saturated carbocycles. The Morgan fingerprint density at radius 3 is 0.932 bits per heavy atom. The van der Waals surface area contributed by atoms with Gasteiger partial charge in [0.05, 0.1) is 21.3 Å².